The summed E-state index contributed by atoms with van der Waals surface area (Å²) in [6.07, 6.45) is 0.846. The van der Waals surface area contributed by atoms with E-state index in [2.05, 4.69) is 27.8 Å². The van der Waals surface area contributed by atoms with Gasteiger partial charge in [-0.15, -0.1) is 0 Å². The second-order valence-corrected chi connectivity index (χ2v) is 3.99. The van der Waals surface area contributed by atoms with Crippen molar-refractivity contribution in [3.63, 3.8) is 0 Å². The zero-order valence-corrected chi connectivity index (χ0v) is 9.98. The highest BCUT2D eigenvalue weighted by molar-refractivity contribution is 9.09. The van der Waals surface area contributed by atoms with Gasteiger partial charge in [0.1, 0.15) is 5.75 Å². The van der Waals surface area contributed by atoms with Gasteiger partial charge in [0, 0.05) is 17.3 Å². The first-order chi connectivity index (χ1) is 6.65. The maximum Gasteiger partial charge on any atom is 0.121 e. The van der Waals surface area contributed by atoms with Crippen LogP contribution in [-0.4, -0.2) is 10.4 Å². The number of hydrogen-bond acceptors (Lipinski definition) is 1. The van der Waals surface area contributed by atoms with Gasteiger partial charge in [0.2, 0.25) is 0 Å². The van der Waals surface area contributed by atoms with Crippen LogP contribution < -0.4 is 0 Å². The maximum absolute atomic E-state index is 9.55. The minimum Gasteiger partial charge on any atom is -0.507 e. The number of aryl methyl sites for hydroxylation is 2. The second-order valence-electron chi connectivity index (χ2n) is 3.20. The van der Waals surface area contributed by atoms with Crippen molar-refractivity contribution in [3.8, 4) is 17.6 Å². The molecular formula is C12H13BrO. The van der Waals surface area contributed by atoms with E-state index in [-0.39, 0.29) is 0 Å². The number of benzene rings is 1. The summed E-state index contributed by atoms with van der Waals surface area (Å²) in [6.45, 7) is 3.77. The first-order valence-electron chi connectivity index (χ1n) is 4.50. The molecule has 1 aromatic carbocycles. The quantitative estimate of drug-likeness (QED) is 0.602. The van der Waals surface area contributed by atoms with E-state index in [0.717, 1.165) is 28.4 Å². The molecule has 0 atom stereocenters. The molecule has 0 bridgehead atoms. The molecule has 1 nitrogen and oxygen atoms in total. The molecule has 0 spiro atoms. The molecular weight excluding hydrogens is 240 g/mol. The summed E-state index contributed by atoms with van der Waals surface area (Å²) >= 11 is 3.32. The lowest BCUT2D eigenvalue weighted by Crippen LogP contribution is -1.84. The highest BCUT2D eigenvalue weighted by atomic mass is 79.9. The van der Waals surface area contributed by atoms with E-state index >= 15 is 0 Å². The van der Waals surface area contributed by atoms with Crippen molar-refractivity contribution in [3.05, 3.63) is 28.8 Å². The van der Waals surface area contributed by atoms with E-state index in [9.17, 15) is 5.11 Å². The third-order valence-electron chi connectivity index (χ3n) is 1.94. The molecule has 0 heterocycles. The summed E-state index contributed by atoms with van der Waals surface area (Å²) in [5, 5.41) is 10.4. The SMILES string of the molecule is Cc1cc(C#CCCBr)cc(C)c1O. The molecule has 0 aliphatic heterocycles. The largest absolute Gasteiger partial charge is 0.507 e. The zero-order valence-electron chi connectivity index (χ0n) is 8.39. The summed E-state index contributed by atoms with van der Waals surface area (Å²) in [5.74, 6) is 6.48. The van der Waals surface area contributed by atoms with E-state index in [1.54, 1.807) is 0 Å². The first-order valence-corrected chi connectivity index (χ1v) is 5.62. The molecule has 14 heavy (non-hydrogen) atoms. The molecule has 2 heteroatoms. The fourth-order valence-corrected chi connectivity index (χ4v) is 1.44. The standard InChI is InChI=1S/C12H13BrO/c1-9-7-11(5-3-4-6-13)8-10(2)12(9)14/h7-8,14H,4,6H2,1-2H3. The minimum absolute atomic E-state index is 0.371. The van der Waals surface area contributed by atoms with Crippen molar-refractivity contribution in [2.45, 2.75) is 20.3 Å². The third kappa shape index (κ3) is 2.78. The summed E-state index contributed by atoms with van der Waals surface area (Å²) < 4.78 is 0. The van der Waals surface area contributed by atoms with Gasteiger partial charge in [0.15, 0.2) is 0 Å². The Morgan fingerprint density at radius 3 is 2.36 bits per heavy atom. The Morgan fingerprint density at radius 2 is 1.86 bits per heavy atom. The van der Waals surface area contributed by atoms with Crippen molar-refractivity contribution in [1.29, 1.82) is 0 Å². The lowest BCUT2D eigenvalue weighted by Gasteiger charge is -2.03. The first kappa shape index (κ1) is 11.1. The number of alkyl halides is 1. The molecule has 74 valence electrons. The van der Waals surface area contributed by atoms with Crippen LogP contribution in [0.15, 0.2) is 12.1 Å². The number of halogens is 1. The maximum atomic E-state index is 9.55. The van der Waals surface area contributed by atoms with Crippen LogP contribution in [0, 0.1) is 25.7 Å². The number of rotatable bonds is 1. The number of aromatic hydroxyl groups is 1. The summed E-state index contributed by atoms with van der Waals surface area (Å²) in [6, 6.07) is 3.81. The summed E-state index contributed by atoms with van der Waals surface area (Å²) in [4.78, 5) is 0. The van der Waals surface area contributed by atoms with Crippen molar-refractivity contribution >= 4 is 15.9 Å². The minimum atomic E-state index is 0.371. The fraction of sp³-hybridized carbons (Fsp3) is 0.333. The Labute approximate surface area is 93.3 Å². The molecule has 0 aliphatic carbocycles. The normalized spacial score (nSPS) is 9.36. The van der Waals surface area contributed by atoms with Gasteiger partial charge in [-0.1, -0.05) is 27.8 Å². The lowest BCUT2D eigenvalue weighted by atomic mass is 10.1. The fourth-order valence-electron chi connectivity index (χ4n) is 1.24. The molecule has 0 radical (unpaired) electrons. The Bertz CT molecular complexity index is 362. The van der Waals surface area contributed by atoms with Gasteiger partial charge < -0.3 is 5.11 Å². The highest BCUT2D eigenvalue weighted by Crippen LogP contribution is 2.22. The van der Waals surface area contributed by atoms with Crippen LogP contribution in [0.5, 0.6) is 5.75 Å². The van der Waals surface area contributed by atoms with Gasteiger partial charge in [0.25, 0.3) is 0 Å². The second kappa shape index (κ2) is 5.07. The average molecular weight is 253 g/mol. The van der Waals surface area contributed by atoms with Crippen LogP contribution in [0.25, 0.3) is 0 Å². The average Bonchev–Trinajstić information content (AvgIpc) is 2.14. The lowest BCUT2D eigenvalue weighted by molar-refractivity contribution is 0.467. The monoisotopic (exact) mass is 252 g/mol. The molecule has 0 saturated carbocycles. The Hall–Kier alpha value is -0.940. The van der Waals surface area contributed by atoms with Gasteiger partial charge in [-0.05, 0) is 37.1 Å². The third-order valence-corrected chi connectivity index (χ3v) is 2.34. The highest BCUT2D eigenvalue weighted by Gasteiger charge is 2.00. The summed E-state index contributed by atoms with van der Waals surface area (Å²) in [5.41, 5.74) is 2.74. The van der Waals surface area contributed by atoms with Crippen LogP contribution in [-0.2, 0) is 0 Å². The van der Waals surface area contributed by atoms with Crippen molar-refractivity contribution in [2.24, 2.45) is 0 Å². The van der Waals surface area contributed by atoms with Crippen molar-refractivity contribution in [2.75, 3.05) is 5.33 Å². The molecule has 1 rings (SSSR count). The Morgan fingerprint density at radius 1 is 1.29 bits per heavy atom. The molecule has 1 aromatic rings. The topological polar surface area (TPSA) is 20.2 Å². The van der Waals surface area contributed by atoms with Crippen LogP contribution in [0.2, 0.25) is 0 Å². The Balaban J connectivity index is 2.97. The molecule has 0 aromatic heterocycles. The van der Waals surface area contributed by atoms with Crippen molar-refractivity contribution < 1.29 is 5.11 Å². The Kier molecular flexibility index (Phi) is 4.03. The molecule has 0 amide bonds. The number of phenolic OH excluding ortho intramolecular Hbond substituents is 1. The number of phenols is 1. The van der Waals surface area contributed by atoms with Crippen LogP contribution >= 0.6 is 15.9 Å². The van der Waals surface area contributed by atoms with Crippen LogP contribution in [0.4, 0.5) is 0 Å². The van der Waals surface area contributed by atoms with Crippen molar-refractivity contribution in [1.82, 2.24) is 0 Å². The smallest absolute Gasteiger partial charge is 0.121 e. The molecule has 0 aliphatic rings. The molecule has 0 unspecified atom stereocenters. The van der Waals surface area contributed by atoms with Gasteiger partial charge in [0.05, 0.1) is 0 Å². The summed E-state index contributed by atoms with van der Waals surface area (Å²) in [7, 11) is 0. The van der Waals surface area contributed by atoms with E-state index in [1.165, 1.54) is 0 Å². The van der Waals surface area contributed by atoms with E-state index < -0.39 is 0 Å². The van der Waals surface area contributed by atoms with Crippen LogP contribution in [0.1, 0.15) is 23.1 Å². The van der Waals surface area contributed by atoms with Gasteiger partial charge in [-0.3, -0.25) is 0 Å². The van der Waals surface area contributed by atoms with Gasteiger partial charge in [-0.25, -0.2) is 0 Å². The van der Waals surface area contributed by atoms with E-state index in [4.69, 9.17) is 0 Å². The van der Waals surface area contributed by atoms with Crippen LogP contribution in [0.3, 0.4) is 0 Å². The predicted octanol–water partition coefficient (Wildman–Crippen LogP) is 3.15. The molecule has 1 N–H and O–H groups in total. The van der Waals surface area contributed by atoms with Gasteiger partial charge >= 0.3 is 0 Å². The molecule has 0 fully saturated rings. The molecule has 0 saturated heterocycles. The van der Waals surface area contributed by atoms with E-state index in [1.807, 2.05) is 26.0 Å². The van der Waals surface area contributed by atoms with Gasteiger partial charge in [-0.2, -0.15) is 0 Å². The van der Waals surface area contributed by atoms with E-state index in [0.29, 0.717) is 5.75 Å². The predicted molar refractivity (Wildman–Crippen MR) is 62.9 cm³/mol. The zero-order chi connectivity index (χ0) is 10.6. The number of hydrogen-bond donors (Lipinski definition) is 1.